The molecule has 120 valence electrons. The third-order valence-corrected chi connectivity index (χ3v) is 3.32. The number of alkyl halides is 3. The van der Waals surface area contributed by atoms with Crippen LogP contribution in [0.2, 0.25) is 0 Å². The van der Waals surface area contributed by atoms with E-state index in [1.54, 1.807) is 6.33 Å². The number of imidazole rings is 1. The average molecular weight is 314 g/mol. The molecule has 4 nitrogen and oxygen atoms in total. The summed E-state index contributed by atoms with van der Waals surface area (Å²) in [6.45, 7) is 6.52. The lowest BCUT2D eigenvalue weighted by atomic mass is 9.92. The molecule has 0 amide bonds. The molecule has 7 heteroatoms. The Balaban J connectivity index is 0.000000295. The molecule has 2 N–H and O–H groups in total. The van der Waals surface area contributed by atoms with Crippen LogP contribution in [0.3, 0.4) is 0 Å². The van der Waals surface area contributed by atoms with Gasteiger partial charge in [-0.2, -0.15) is 13.2 Å². The van der Waals surface area contributed by atoms with Crippen LogP contribution in [0.1, 0.15) is 35.2 Å². The van der Waals surface area contributed by atoms with Gasteiger partial charge in [-0.25, -0.2) is 9.78 Å². The molecule has 0 fully saturated rings. The normalized spacial score (nSPS) is 12.3. The topological polar surface area (TPSA) is 66.0 Å². The lowest BCUT2D eigenvalue weighted by Crippen LogP contribution is -2.21. The smallest absolute Gasteiger partial charge is 0.475 e. The molecule has 1 atom stereocenters. The van der Waals surface area contributed by atoms with E-state index in [-0.39, 0.29) is 0 Å². The molecule has 0 aliphatic heterocycles. The van der Waals surface area contributed by atoms with Crippen LogP contribution in [-0.4, -0.2) is 27.2 Å². The second-order valence-electron chi connectivity index (χ2n) is 4.81. The minimum atomic E-state index is -5.08. The SMILES string of the molecule is Cc1cccc([C@H](C)c2c[nH]cn2)c1C.O=C(O)C(F)(F)F. The predicted octanol–water partition coefficient (Wildman–Crippen LogP) is 3.81. The molecule has 0 spiro atoms. The number of aryl methyl sites for hydroxylation is 1. The Morgan fingerprint density at radius 1 is 1.32 bits per heavy atom. The lowest BCUT2D eigenvalue weighted by molar-refractivity contribution is -0.192. The molecule has 0 bridgehead atoms. The zero-order chi connectivity index (χ0) is 16.9. The Hall–Kier alpha value is -2.31. The van der Waals surface area contributed by atoms with Gasteiger partial charge in [0, 0.05) is 12.1 Å². The van der Waals surface area contributed by atoms with Crippen molar-refractivity contribution in [3.05, 3.63) is 53.1 Å². The number of carboxylic acid groups (broad SMARTS) is 1. The van der Waals surface area contributed by atoms with Crippen LogP contribution in [0.4, 0.5) is 13.2 Å². The van der Waals surface area contributed by atoms with E-state index < -0.39 is 12.1 Å². The van der Waals surface area contributed by atoms with Crippen molar-refractivity contribution >= 4 is 5.97 Å². The monoisotopic (exact) mass is 314 g/mol. The highest BCUT2D eigenvalue weighted by atomic mass is 19.4. The van der Waals surface area contributed by atoms with Crippen LogP contribution in [0, 0.1) is 13.8 Å². The zero-order valence-electron chi connectivity index (χ0n) is 12.4. The standard InChI is InChI=1S/C13H16N2.C2HF3O2/c1-9-5-4-6-12(10(9)2)11(3)13-7-14-8-15-13;3-2(4,5)1(6)7/h4-8,11H,1-3H3,(H,14,15);(H,6,7)/t11-;/m0./s1. The molecule has 0 unspecified atom stereocenters. The summed E-state index contributed by atoms with van der Waals surface area (Å²) in [6.07, 6.45) is -1.39. The molecule has 0 aliphatic carbocycles. The van der Waals surface area contributed by atoms with E-state index in [9.17, 15) is 13.2 Å². The van der Waals surface area contributed by atoms with Gasteiger partial charge in [-0.15, -0.1) is 0 Å². The van der Waals surface area contributed by atoms with Crippen LogP contribution >= 0.6 is 0 Å². The second-order valence-corrected chi connectivity index (χ2v) is 4.81. The van der Waals surface area contributed by atoms with E-state index in [2.05, 4.69) is 48.9 Å². The Morgan fingerprint density at radius 3 is 2.36 bits per heavy atom. The number of nitrogens with one attached hydrogen (secondary N) is 1. The van der Waals surface area contributed by atoms with Crippen LogP contribution < -0.4 is 0 Å². The van der Waals surface area contributed by atoms with Crippen LogP contribution in [0.15, 0.2) is 30.7 Å². The molecule has 0 saturated carbocycles. The first kappa shape index (κ1) is 17.7. The summed E-state index contributed by atoms with van der Waals surface area (Å²) in [4.78, 5) is 16.2. The highest BCUT2D eigenvalue weighted by Gasteiger charge is 2.38. The number of hydrogen-bond acceptors (Lipinski definition) is 2. The molecular formula is C15H17F3N2O2. The summed E-state index contributed by atoms with van der Waals surface area (Å²) in [7, 11) is 0. The Bertz CT molecular complexity index is 622. The van der Waals surface area contributed by atoms with Gasteiger partial charge in [-0.05, 0) is 30.5 Å². The number of carbonyl (C=O) groups is 1. The maximum Gasteiger partial charge on any atom is 0.490 e. The number of aromatic nitrogens is 2. The van der Waals surface area contributed by atoms with E-state index in [4.69, 9.17) is 9.90 Å². The van der Waals surface area contributed by atoms with Crippen molar-refractivity contribution in [2.24, 2.45) is 0 Å². The van der Waals surface area contributed by atoms with Gasteiger partial charge in [0.2, 0.25) is 0 Å². The van der Waals surface area contributed by atoms with Gasteiger partial charge in [-0.1, -0.05) is 25.1 Å². The van der Waals surface area contributed by atoms with Gasteiger partial charge in [0.05, 0.1) is 12.0 Å². The average Bonchev–Trinajstić information content (AvgIpc) is 2.95. The van der Waals surface area contributed by atoms with E-state index in [0.29, 0.717) is 5.92 Å². The van der Waals surface area contributed by atoms with Gasteiger partial charge in [0.25, 0.3) is 0 Å². The van der Waals surface area contributed by atoms with E-state index in [0.717, 1.165) is 5.69 Å². The van der Waals surface area contributed by atoms with Gasteiger partial charge in [-0.3, -0.25) is 0 Å². The number of aromatic amines is 1. The molecule has 0 aliphatic rings. The van der Waals surface area contributed by atoms with E-state index in [1.807, 2.05) is 6.20 Å². The Kier molecular flexibility index (Phi) is 5.73. The highest BCUT2D eigenvalue weighted by molar-refractivity contribution is 5.73. The van der Waals surface area contributed by atoms with Crippen LogP contribution in [0.5, 0.6) is 0 Å². The van der Waals surface area contributed by atoms with Crippen molar-refractivity contribution < 1.29 is 23.1 Å². The molecule has 1 heterocycles. The second kappa shape index (κ2) is 7.11. The van der Waals surface area contributed by atoms with Crippen molar-refractivity contribution in [2.45, 2.75) is 32.9 Å². The number of nitrogens with zero attached hydrogens (tertiary/aromatic N) is 1. The number of hydrogen-bond donors (Lipinski definition) is 2. The maximum absolute atomic E-state index is 10.6. The molecule has 0 saturated heterocycles. The molecule has 1 aromatic heterocycles. The van der Waals surface area contributed by atoms with Crippen LogP contribution in [0.25, 0.3) is 0 Å². The molecular weight excluding hydrogens is 297 g/mol. The number of rotatable bonds is 2. The Morgan fingerprint density at radius 2 is 1.91 bits per heavy atom. The van der Waals surface area contributed by atoms with Gasteiger partial charge in [0.1, 0.15) is 0 Å². The predicted molar refractivity (Wildman–Crippen MR) is 75.7 cm³/mol. The zero-order valence-corrected chi connectivity index (χ0v) is 12.4. The molecule has 0 radical (unpaired) electrons. The minimum Gasteiger partial charge on any atom is -0.475 e. The highest BCUT2D eigenvalue weighted by Crippen LogP contribution is 2.26. The molecule has 22 heavy (non-hydrogen) atoms. The molecule has 2 aromatic rings. The fourth-order valence-electron chi connectivity index (χ4n) is 1.91. The van der Waals surface area contributed by atoms with Gasteiger partial charge in [0.15, 0.2) is 0 Å². The third-order valence-electron chi connectivity index (χ3n) is 3.32. The van der Waals surface area contributed by atoms with Crippen molar-refractivity contribution in [3.63, 3.8) is 0 Å². The van der Waals surface area contributed by atoms with Crippen molar-refractivity contribution in [1.29, 1.82) is 0 Å². The fourth-order valence-corrected chi connectivity index (χ4v) is 1.91. The maximum atomic E-state index is 10.6. The minimum absolute atomic E-state index is 0.358. The summed E-state index contributed by atoms with van der Waals surface area (Å²) in [5.41, 5.74) is 5.17. The van der Waals surface area contributed by atoms with Gasteiger partial charge >= 0.3 is 12.1 Å². The van der Waals surface area contributed by atoms with E-state index >= 15 is 0 Å². The number of H-pyrrole nitrogens is 1. The number of halogens is 3. The van der Waals surface area contributed by atoms with Crippen LogP contribution in [-0.2, 0) is 4.79 Å². The number of benzene rings is 1. The van der Waals surface area contributed by atoms with Crippen molar-refractivity contribution in [2.75, 3.05) is 0 Å². The van der Waals surface area contributed by atoms with Gasteiger partial charge < -0.3 is 10.1 Å². The fraction of sp³-hybridized carbons (Fsp3) is 0.333. The first-order valence-corrected chi connectivity index (χ1v) is 6.49. The Labute approximate surface area is 126 Å². The van der Waals surface area contributed by atoms with Crippen molar-refractivity contribution in [3.8, 4) is 0 Å². The first-order valence-electron chi connectivity index (χ1n) is 6.49. The largest absolute Gasteiger partial charge is 0.490 e. The first-order chi connectivity index (χ1) is 10.1. The summed E-state index contributed by atoms with van der Waals surface area (Å²) in [6, 6.07) is 6.44. The van der Waals surface area contributed by atoms with E-state index in [1.165, 1.54) is 16.7 Å². The lowest BCUT2D eigenvalue weighted by Gasteiger charge is -2.14. The summed E-state index contributed by atoms with van der Waals surface area (Å²) in [5.74, 6) is -2.40. The summed E-state index contributed by atoms with van der Waals surface area (Å²) < 4.78 is 31.7. The quantitative estimate of drug-likeness (QED) is 0.886. The number of aliphatic carboxylic acids is 1. The number of carboxylic acids is 1. The van der Waals surface area contributed by atoms with Crippen molar-refractivity contribution in [1.82, 2.24) is 9.97 Å². The molecule has 2 rings (SSSR count). The summed E-state index contributed by atoms with van der Waals surface area (Å²) in [5, 5.41) is 7.12. The summed E-state index contributed by atoms with van der Waals surface area (Å²) >= 11 is 0. The third kappa shape index (κ3) is 4.61. The molecule has 1 aromatic carbocycles.